The fourth-order valence-electron chi connectivity index (χ4n) is 4.20. The molecule has 0 bridgehead atoms. The summed E-state index contributed by atoms with van der Waals surface area (Å²) in [5.41, 5.74) is 9.22. The lowest BCUT2D eigenvalue weighted by Gasteiger charge is -2.31. The molecule has 0 radical (unpaired) electrons. The third kappa shape index (κ3) is 6.46. The summed E-state index contributed by atoms with van der Waals surface area (Å²) in [7, 11) is 0. The summed E-state index contributed by atoms with van der Waals surface area (Å²) in [6.07, 6.45) is 4.23. The molecule has 184 valence electrons. The number of hydrogen-bond acceptors (Lipinski definition) is 7. The summed E-state index contributed by atoms with van der Waals surface area (Å²) >= 11 is 0. The number of amides is 1. The number of carbonyl (C=O) groups excluding carboxylic acids is 1. The van der Waals surface area contributed by atoms with Crippen molar-refractivity contribution in [1.29, 1.82) is 10.7 Å². The number of likely N-dealkylation sites (tertiary alicyclic amines) is 1. The van der Waals surface area contributed by atoms with Crippen LogP contribution in [-0.2, 0) is 6.54 Å². The topological polar surface area (TPSA) is 128 Å². The molecule has 8 heteroatoms. The molecule has 0 spiro atoms. The number of aromatic nitrogens is 1. The molecule has 2 heterocycles. The Labute approximate surface area is 211 Å². The number of benzene rings is 2. The maximum Gasteiger partial charge on any atom is 0.251 e. The van der Waals surface area contributed by atoms with Crippen molar-refractivity contribution in [2.45, 2.75) is 31.9 Å². The molecule has 1 fully saturated rings. The van der Waals surface area contributed by atoms with E-state index in [2.05, 4.69) is 21.3 Å². The van der Waals surface area contributed by atoms with E-state index in [1.165, 1.54) is 0 Å². The van der Waals surface area contributed by atoms with Gasteiger partial charge in [0.25, 0.3) is 5.91 Å². The number of hydrogen-bond donors (Lipinski definition) is 3. The second-order valence-electron chi connectivity index (χ2n) is 8.77. The van der Waals surface area contributed by atoms with Crippen molar-refractivity contribution in [3.63, 3.8) is 0 Å². The van der Waals surface area contributed by atoms with E-state index in [1.807, 2.05) is 42.5 Å². The van der Waals surface area contributed by atoms with Crippen LogP contribution >= 0.6 is 0 Å². The molecule has 0 unspecified atom stereocenters. The third-order valence-electron chi connectivity index (χ3n) is 6.26. The third-order valence-corrected chi connectivity index (χ3v) is 6.26. The van der Waals surface area contributed by atoms with Crippen molar-refractivity contribution < 1.29 is 9.53 Å². The zero-order valence-corrected chi connectivity index (χ0v) is 20.1. The lowest BCUT2D eigenvalue weighted by atomic mass is 9.98. The first-order valence-electron chi connectivity index (χ1n) is 12.1. The van der Waals surface area contributed by atoms with Gasteiger partial charge in [0.1, 0.15) is 11.9 Å². The van der Waals surface area contributed by atoms with Crippen LogP contribution in [0, 0.1) is 16.7 Å². The number of nitrogens with zero attached hydrogens (tertiary/aromatic N) is 3. The highest BCUT2D eigenvalue weighted by Gasteiger charge is 2.20. The van der Waals surface area contributed by atoms with E-state index in [9.17, 15) is 4.79 Å². The van der Waals surface area contributed by atoms with Gasteiger partial charge >= 0.3 is 0 Å². The van der Waals surface area contributed by atoms with Crippen LogP contribution in [0.1, 0.15) is 46.4 Å². The molecule has 0 aliphatic carbocycles. The minimum absolute atomic E-state index is 0.144. The number of nitrogens with two attached hydrogens (primary N) is 1. The lowest BCUT2D eigenvalue weighted by molar-refractivity contribution is 0.0950. The van der Waals surface area contributed by atoms with Gasteiger partial charge in [0, 0.05) is 54.6 Å². The van der Waals surface area contributed by atoms with Gasteiger partial charge in [0.15, 0.2) is 0 Å². The van der Waals surface area contributed by atoms with Crippen LogP contribution in [0.4, 0.5) is 5.69 Å². The number of ether oxygens (including phenoxy) is 1. The average Bonchev–Trinajstić information content (AvgIpc) is 2.92. The lowest BCUT2D eigenvalue weighted by Crippen LogP contribution is -2.38. The van der Waals surface area contributed by atoms with Crippen molar-refractivity contribution in [3.05, 3.63) is 89.2 Å². The van der Waals surface area contributed by atoms with Crippen LogP contribution in [0.2, 0.25) is 0 Å². The van der Waals surface area contributed by atoms with E-state index in [0.29, 0.717) is 35.3 Å². The SMILES string of the molecule is N#CCCN1CCC(Oc2ccc(C(=N)c3cc(C(=O)NCc4ccccn4)ccc3N)cc2)CC1. The first-order chi connectivity index (χ1) is 17.5. The molecule has 0 saturated carbocycles. The van der Waals surface area contributed by atoms with Gasteiger partial charge in [-0.3, -0.25) is 15.2 Å². The first kappa shape index (κ1) is 24.9. The number of nitrogen functional groups attached to an aromatic ring is 1. The van der Waals surface area contributed by atoms with E-state index in [4.69, 9.17) is 21.1 Å². The molecular weight excluding hydrogens is 452 g/mol. The Morgan fingerprint density at radius 3 is 2.58 bits per heavy atom. The van der Waals surface area contributed by atoms with E-state index in [0.717, 1.165) is 43.9 Å². The Bertz CT molecular complexity index is 1230. The molecule has 2 aromatic carbocycles. The second-order valence-corrected chi connectivity index (χ2v) is 8.77. The van der Waals surface area contributed by atoms with Crippen LogP contribution in [0.15, 0.2) is 66.9 Å². The number of piperidine rings is 1. The highest BCUT2D eigenvalue weighted by Crippen LogP contribution is 2.23. The summed E-state index contributed by atoms with van der Waals surface area (Å²) < 4.78 is 6.14. The molecule has 4 rings (SSSR count). The van der Waals surface area contributed by atoms with Gasteiger partial charge in [-0.1, -0.05) is 6.07 Å². The summed E-state index contributed by atoms with van der Waals surface area (Å²) in [6, 6.07) is 20.1. The molecule has 1 aliphatic heterocycles. The summed E-state index contributed by atoms with van der Waals surface area (Å²) in [5.74, 6) is 0.509. The van der Waals surface area contributed by atoms with Crippen molar-refractivity contribution in [2.24, 2.45) is 0 Å². The van der Waals surface area contributed by atoms with Gasteiger partial charge in [-0.25, -0.2) is 0 Å². The normalized spacial score (nSPS) is 14.1. The molecule has 1 aliphatic rings. The van der Waals surface area contributed by atoms with Crippen molar-refractivity contribution >= 4 is 17.3 Å². The standard InChI is InChI=1S/C28H30N6O2/c29-13-3-15-34-16-11-24(12-17-34)36-23-8-5-20(6-9-23)27(31)25-18-21(7-10-26(25)30)28(35)33-19-22-4-1-2-14-32-22/h1-2,4-10,14,18,24,31H,3,11-12,15-17,19,30H2,(H,33,35). The predicted molar refractivity (Wildman–Crippen MR) is 139 cm³/mol. The molecular formula is C28H30N6O2. The Morgan fingerprint density at radius 1 is 1.14 bits per heavy atom. The Hall–Kier alpha value is -4.22. The van der Waals surface area contributed by atoms with Crippen LogP contribution in [0.25, 0.3) is 0 Å². The van der Waals surface area contributed by atoms with Gasteiger partial charge < -0.3 is 20.7 Å². The second kappa shape index (κ2) is 12.0. The minimum atomic E-state index is -0.253. The van der Waals surface area contributed by atoms with Crippen LogP contribution < -0.4 is 15.8 Å². The van der Waals surface area contributed by atoms with Crippen LogP contribution in [-0.4, -0.2) is 47.2 Å². The number of carbonyl (C=O) groups is 1. The molecule has 4 N–H and O–H groups in total. The minimum Gasteiger partial charge on any atom is -0.490 e. The Balaban J connectivity index is 1.36. The Kier molecular flexibility index (Phi) is 8.27. The van der Waals surface area contributed by atoms with E-state index < -0.39 is 0 Å². The Morgan fingerprint density at radius 2 is 1.89 bits per heavy atom. The van der Waals surface area contributed by atoms with E-state index in [1.54, 1.807) is 24.4 Å². The predicted octanol–water partition coefficient (Wildman–Crippen LogP) is 3.77. The van der Waals surface area contributed by atoms with Crippen molar-refractivity contribution in [3.8, 4) is 11.8 Å². The fourth-order valence-corrected chi connectivity index (χ4v) is 4.20. The average molecular weight is 483 g/mol. The van der Waals surface area contributed by atoms with Crippen molar-refractivity contribution in [2.75, 3.05) is 25.4 Å². The van der Waals surface area contributed by atoms with E-state index in [-0.39, 0.29) is 17.7 Å². The number of rotatable bonds is 9. The van der Waals surface area contributed by atoms with Crippen molar-refractivity contribution in [1.82, 2.24) is 15.2 Å². The molecule has 36 heavy (non-hydrogen) atoms. The molecule has 3 aromatic rings. The largest absolute Gasteiger partial charge is 0.490 e. The molecule has 1 aromatic heterocycles. The van der Waals surface area contributed by atoms with Gasteiger partial charge in [-0.15, -0.1) is 0 Å². The maximum absolute atomic E-state index is 12.7. The highest BCUT2D eigenvalue weighted by atomic mass is 16.5. The summed E-state index contributed by atoms with van der Waals surface area (Å²) in [5, 5.41) is 20.3. The molecule has 0 atom stereocenters. The quantitative estimate of drug-likeness (QED) is 0.315. The van der Waals surface area contributed by atoms with Gasteiger partial charge in [0.05, 0.1) is 24.0 Å². The number of nitrogens with one attached hydrogen (secondary N) is 2. The summed E-state index contributed by atoms with van der Waals surface area (Å²) in [4.78, 5) is 19.2. The zero-order chi connectivity index (χ0) is 25.3. The first-order valence-corrected chi connectivity index (χ1v) is 12.1. The monoisotopic (exact) mass is 482 g/mol. The van der Waals surface area contributed by atoms with E-state index >= 15 is 0 Å². The number of pyridine rings is 1. The maximum atomic E-state index is 12.7. The molecule has 1 saturated heterocycles. The smallest absolute Gasteiger partial charge is 0.251 e. The fraction of sp³-hybridized carbons (Fsp3) is 0.286. The number of anilines is 1. The van der Waals surface area contributed by atoms with Gasteiger partial charge in [-0.2, -0.15) is 5.26 Å². The molecule has 1 amide bonds. The highest BCUT2D eigenvalue weighted by molar-refractivity contribution is 6.14. The van der Waals surface area contributed by atoms with Crippen LogP contribution in [0.3, 0.4) is 0 Å². The van der Waals surface area contributed by atoms with Gasteiger partial charge in [-0.05, 0) is 67.4 Å². The van der Waals surface area contributed by atoms with Gasteiger partial charge in [0.2, 0.25) is 0 Å². The number of nitriles is 1. The molecule has 8 nitrogen and oxygen atoms in total. The summed E-state index contributed by atoms with van der Waals surface area (Å²) in [6.45, 7) is 2.99. The zero-order valence-electron chi connectivity index (χ0n) is 20.1. The van der Waals surface area contributed by atoms with Crippen LogP contribution in [0.5, 0.6) is 5.75 Å².